The third kappa shape index (κ3) is 5.32. The molecule has 0 fully saturated rings. The van der Waals surface area contributed by atoms with E-state index >= 15 is 0 Å². The number of nitrogens with zero attached hydrogens (tertiary/aromatic N) is 1. The number of carbonyl (C=O) groups is 1. The molecule has 3 nitrogen and oxygen atoms in total. The van der Waals surface area contributed by atoms with Gasteiger partial charge in [0.1, 0.15) is 0 Å². The molecule has 0 unspecified atom stereocenters. The Labute approximate surface area is 85.8 Å². The van der Waals surface area contributed by atoms with Crippen molar-refractivity contribution in [2.45, 2.75) is 6.92 Å². The van der Waals surface area contributed by atoms with E-state index in [1.807, 2.05) is 4.90 Å². The van der Waals surface area contributed by atoms with E-state index in [1.54, 1.807) is 19.1 Å². The van der Waals surface area contributed by atoms with Crippen LogP contribution in [0.4, 0.5) is 0 Å². The van der Waals surface area contributed by atoms with Gasteiger partial charge in [-0.25, -0.2) is 0 Å². The molecule has 3 heteroatoms. The molecule has 0 aromatic rings. The maximum absolute atomic E-state index is 11.2. The van der Waals surface area contributed by atoms with Gasteiger partial charge in [0.25, 0.3) is 0 Å². The van der Waals surface area contributed by atoms with Crippen molar-refractivity contribution < 1.29 is 4.79 Å². The number of hydrogen-bond donors (Lipinski definition) is 1. The maximum atomic E-state index is 11.2. The highest BCUT2D eigenvalue weighted by Crippen LogP contribution is 1.89. The van der Waals surface area contributed by atoms with Crippen LogP contribution in [-0.2, 0) is 4.79 Å². The fourth-order valence-corrected chi connectivity index (χ4v) is 0.903. The second-order valence-electron chi connectivity index (χ2n) is 3.06. The summed E-state index contributed by atoms with van der Waals surface area (Å²) in [6.07, 6.45) is 3.58. The Kier molecular flexibility index (Phi) is 6.41. The first-order chi connectivity index (χ1) is 6.61. The Hall–Kier alpha value is -1.35. The molecule has 0 heterocycles. The molecular formula is C11H18N2O. The standard InChI is InChI=1S/C11H18N2O/c1-5-7-13(8-6-2)9-12-11(14)10(3)4/h5-6H,1-3,7-9H2,4H3,(H,12,14). The van der Waals surface area contributed by atoms with Gasteiger partial charge in [0.05, 0.1) is 6.67 Å². The van der Waals surface area contributed by atoms with E-state index in [4.69, 9.17) is 0 Å². The van der Waals surface area contributed by atoms with Crippen LogP contribution in [0.25, 0.3) is 0 Å². The van der Waals surface area contributed by atoms with E-state index in [0.29, 0.717) is 12.2 Å². The third-order valence-electron chi connectivity index (χ3n) is 1.63. The highest BCUT2D eigenvalue weighted by Gasteiger charge is 2.04. The van der Waals surface area contributed by atoms with E-state index in [1.165, 1.54) is 0 Å². The fraction of sp³-hybridized carbons (Fsp3) is 0.364. The van der Waals surface area contributed by atoms with Gasteiger partial charge in [0.15, 0.2) is 0 Å². The predicted molar refractivity (Wildman–Crippen MR) is 59.8 cm³/mol. The molecule has 0 aromatic carbocycles. The van der Waals surface area contributed by atoms with Gasteiger partial charge in [-0.15, -0.1) is 13.2 Å². The molecular weight excluding hydrogens is 176 g/mol. The minimum Gasteiger partial charge on any atom is -0.340 e. The second kappa shape index (κ2) is 7.09. The zero-order chi connectivity index (χ0) is 11.0. The van der Waals surface area contributed by atoms with Gasteiger partial charge < -0.3 is 5.32 Å². The van der Waals surface area contributed by atoms with Gasteiger partial charge in [-0.1, -0.05) is 18.7 Å². The van der Waals surface area contributed by atoms with Crippen LogP contribution in [0, 0.1) is 0 Å². The van der Waals surface area contributed by atoms with Crippen molar-refractivity contribution in [1.82, 2.24) is 10.2 Å². The van der Waals surface area contributed by atoms with Crippen molar-refractivity contribution in [2.75, 3.05) is 19.8 Å². The third-order valence-corrected chi connectivity index (χ3v) is 1.63. The Morgan fingerprint density at radius 1 is 1.36 bits per heavy atom. The molecule has 1 N–H and O–H groups in total. The summed E-state index contributed by atoms with van der Waals surface area (Å²) < 4.78 is 0. The van der Waals surface area contributed by atoms with Crippen LogP contribution in [0.3, 0.4) is 0 Å². The van der Waals surface area contributed by atoms with Gasteiger partial charge in [-0.2, -0.15) is 0 Å². The van der Waals surface area contributed by atoms with E-state index in [-0.39, 0.29) is 5.91 Å². The molecule has 0 saturated heterocycles. The molecule has 0 aliphatic carbocycles. The average Bonchev–Trinajstić information content (AvgIpc) is 2.14. The van der Waals surface area contributed by atoms with Crippen molar-refractivity contribution in [2.24, 2.45) is 0 Å². The summed E-state index contributed by atoms with van der Waals surface area (Å²) in [5.74, 6) is -0.122. The minimum atomic E-state index is -0.122. The molecule has 0 atom stereocenters. The first-order valence-corrected chi connectivity index (χ1v) is 4.49. The van der Waals surface area contributed by atoms with Crippen LogP contribution in [0.1, 0.15) is 6.92 Å². The van der Waals surface area contributed by atoms with Crippen molar-refractivity contribution in [3.8, 4) is 0 Å². The van der Waals surface area contributed by atoms with Gasteiger partial charge in [0.2, 0.25) is 5.91 Å². The van der Waals surface area contributed by atoms with Crippen LogP contribution < -0.4 is 5.32 Å². The summed E-state index contributed by atoms with van der Waals surface area (Å²) in [6.45, 7) is 14.5. The molecule has 0 radical (unpaired) electrons. The van der Waals surface area contributed by atoms with Crippen molar-refractivity contribution in [3.63, 3.8) is 0 Å². The average molecular weight is 194 g/mol. The summed E-state index contributed by atoms with van der Waals surface area (Å²) in [7, 11) is 0. The highest BCUT2D eigenvalue weighted by atomic mass is 16.1. The van der Waals surface area contributed by atoms with Crippen LogP contribution in [-0.4, -0.2) is 30.6 Å². The molecule has 14 heavy (non-hydrogen) atoms. The maximum Gasteiger partial charge on any atom is 0.247 e. The Morgan fingerprint density at radius 3 is 2.21 bits per heavy atom. The first kappa shape index (κ1) is 12.7. The van der Waals surface area contributed by atoms with Gasteiger partial charge >= 0.3 is 0 Å². The van der Waals surface area contributed by atoms with E-state index in [9.17, 15) is 4.79 Å². The number of rotatable bonds is 7. The van der Waals surface area contributed by atoms with Gasteiger partial charge in [0, 0.05) is 18.7 Å². The predicted octanol–water partition coefficient (Wildman–Crippen LogP) is 1.31. The summed E-state index contributed by atoms with van der Waals surface area (Å²) in [5.41, 5.74) is 0.516. The number of hydrogen-bond acceptors (Lipinski definition) is 2. The molecule has 1 amide bonds. The largest absolute Gasteiger partial charge is 0.340 e. The SMILES string of the molecule is C=CCN(CC=C)CNC(=O)C(=C)C. The van der Waals surface area contributed by atoms with Crippen molar-refractivity contribution in [3.05, 3.63) is 37.5 Å². The van der Waals surface area contributed by atoms with Crippen molar-refractivity contribution >= 4 is 5.91 Å². The zero-order valence-corrected chi connectivity index (χ0v) is 8.75. The number of carbonyl (C=O) groups excluding carboxylic acids is 1. The lowest BCUT2D eigenvalue weighted by Crippen LogP contribution is -2.38. The highest BCUT2D eigenvalue weighted by molar-refractivity contribution is 5.91. The zero-order valence-electron chi connectivity index (χ0n) is 8.75. The Morgan fingerprint density at radius 2 is 1.86 bits per heavy atom. The van der Waals surface area contributed by atoms with Crippen molar-refractivity contribution in [1.29, 1.82) is 0 Å². The molecule has 0 aliphatic heterocycles. The minimum absolute atomic E-state index is 0.122. The number of nitrogens with one attached hydrogen (secondary N) is 1. The molecule has 0 saturated carbocycles. The molecule has 0 aromatic heterocycles. The van der Waals surface area contributed by atoms with Gasteiger partial charge in [-0.05, 0) is 6.92 Å². The fourth-order valence-electron chi connectivity index (χ4n) is 0.903. The molecule has 0 rings (SSSR count). The Bertz CT molecular complexity index is 223. The topological polar surface area (TPSA) is 32.3 Å². The van der Waals surface area contributed by atoms with E-state index in [2.05, 4.69) is 25.1 Å². The van der Waals surface area contributed by atoms with Crippen LogP contribution in [0.2, 0.25) is 0 Å². The monoisotopic (exact) mass is 194 g/mol. The molecule has 0 spiro atoms. The summed E-state index contributed by atoms with van der Waals surface area (Å²) in [5, 5.41) is 2.74. The smallest absolute Gasteiger partial charge is 0.247 e. The van der Waals surface area contributed by atoms with Crippen LogP contribution in [0.15, 0.2) is 37.5 Å². The van der Waals surface area contributed by atoms with E-state index in [0.717, 1.165) is 13.1 Å². The molecule has 0 bridgehead atoms. The first-order valence-electron chi connectivity index (χ1n) is 4.49. The van der Waals surface area contributed by atoms with Crippen LogP contribution >= 0.6 is 0 Å². The normalized spacial score (nSPS) is 9.57. The lowest BCUT2D eigenvalue weighted by Gasteiger charge is -2.19. The summed E-state index contributed by atoms with van der Waals surface area (Å²) in [6, 6.07) is 0. The summed E-state index contributed by atoms with van der Waals surface area (Å²) >= 11 is 0. The van der Waals surface area contributed by atoms with Gasteiger partial charge in [-0.3, -0.25) is 9.69 Å². The lowest BCUT2D eigenvalue weighted by atomic mass is 10.3. The lowest BCUT2D eigenvalue weighted by molar-refractivity contribution is -0.118. The second-order valence-corrected chi connectivity index (χ2v) is 3.06. The Balaban J connectivity index is 3.91. The number of amides is 1. The quantitative estimate of drug-likeness (QED) is 0.376. The van der Waals surface area contributed by atoms with E-state index < -0.39 is 0 Å². The van der Waals surface area contributed by atoms with Crippen LogP contribution in [0.5, 0.6) is 0 Å². The molecule has 78 valence electrons. The summed E-state index contributed by atoms with van der Waals surface area (Å²) in [4.78, 5) is 13.2. The molecule has 0 aliphatic rings.